The molecule has 1 saturated heterocycles. The van der Waals surface area contributed by atoms with E-state index < -0.39 is 0 Å². The van der Waals surface area contributed by atoms with Crippen LogP contribution in [0.1, 0.15) is 35.0 Å². The molecule has 126 valence electrons. The average Bonchev–Trinajstić information content (AvgIpc) is 2.88. The predicted molar refractivity (Wildman–Crippen MR) is 94.9 cm³/mol. The van der Waals surface area contributed by atoms with Gasteiger partial charge in [0.1, 0.15) is 0 Å². The summed E-state index contributed by atoms with van der Waals surface area (Å²) in [6.45, 7) is 3.92. The first kappa shape index (κ1) is 16.6. The number of amides is 2. The molecule has 24 heavy (non-hydrogen) atoms. The average molecular weight is 343 g/mol. The van der Waals surface area contributed by atoms with Crippen LogP contribution in [0.2, 0.25) is 0 Å². The third-order valence-electron chi connectivity index (χ3n) is 4.60. The Hall–Kier alpha value is -2.21. The van der Waals surface area contributed by atoms with Gasteiger partial charge in [0, 0.05) is 18.3 Å². The van der Waals surface area contributed by atoms with E-state index in [1.54, 1.807) is 11.9 Å². The van der Waals surface area contributed by atoms with Crippen LogP contribution in [-0.2, 0) is 9.59 Å². The topological polar surface area (TPSA) is 62.3 Å². The van der Waals surface area contributed by atoms with Gasteiger partial charge < -0.3 is 10.2 Å². The monoisotopic (exact) mass is 343 g/mol. The van der Waals surface area contributed by atoms with Crippen LogP contribution in [0, 0.1) is 19.8 Å². The van der Waals surface area contributed by atoms with Gasteiger partial charge in [-0.3, -0.25) is 9.59 Å². The molecule has 2 aromatic rings. The van der Waals surface area contributed by atoms with E-state index in [4.69, 9.17) is 0 Å². The van der Waals surface area contributed by atoms with Crippen molar-refractivity contribution in [2.24, 2.45) is 5.92 Å². The minimum atomic E-state index is -0.278. The third kappa shape index (κ3) is 3.19. The van der Waals surface area contributed by atoms with Gasteiger partial charge in [0.25, 0.3) is 0 Å². The highest BCUT2D eigenvalue weighted by Crippen LogP contribution is 2.36. The van der Waals surface area contributed by atoms with Gasteiger partial charge in [-0.05, 0) is 25.8 Å². The summed E-state index contributed by atoms with van der Waals surface area (Å²) in [6.07, 6.45) is 0.950. The Morgan fingerprint density at radius 3 is 2.62 bits per heavy atom. The number of aromatic nitrogens is 1. The number of hydrogen-bond acceptors (Lipinski definition) is 4. The Morgan fingerprint density at radius 2 is 2.00 bits per heavy atom. The molecule has 0 radical (unpaired) electrons. The lowest BCUT2D eigenvalue weighted by Gasteiger charge is -2.38. The Kier molecular flexibility index (Phi) is 4.66. The molecule has 0 spiro atoms. The summed E-state index contributed by atoms with van der Waals surface area (Å²) in [5.74, 6) is -0.273. The standard InChI is InChI=1S/C18H21N3O2S/c1-11-12(2)24-18(19-11)20-17(23)14-9-10-15(22)21(3)16(14)13-7-5-4-6-8-13/h4-8,14,16H,9-10H2,1-3H3,(H,19,20,23)/t14-,16+/m0/s1. The molecule has 0 unspecified atom stereocenters. The van der Waals surface area contributed by atoms with Gasteiger partial charge in [0.15, 0.2) is 5.13 Å². The second kappa shape index (κ2) is 6.73. The van der Waals surface area contributed by atoms with Crippen molar-refractivity contribution in [3.05, 3.63) is 46.5 Å². The normalized spacial score (nSPS) is 21.0. The molecule has 1 aromatic carbocycles. The Balaban J connectivity index is 1.86. The van der Waals surface area contributed by atoms with Crippen LogP contribution in [-0.4, -0.2) is 28.7 Å². The van der Waals surface area contributed by atoms with E-state index in [1.807, 2.05) is 44.2 Å². The number of rotatable bonds is 3. The quantitative estimate of drug-likeness (QED) is 0.930. The smallest absolute Gasteiger partial charge is 0.231 e. The molecule has 5 nitrogen and oxygen atoms in total. The summed E-state index contributed by atoms with van der Waals surface area (Å²) in [7, 11) is 1.77. The molecule has 1 aromatic heterocycles. The third-order valence-corrected chi connectivity index (χ3v) is 5.59. The molecule has 0 aliphatic carbocycles. The molecule has 1 aliphatic rings. The van der Waals surface area contributed by atoms with Crippen molar-refractivity contribution in [1.29, 1.82) is 0 Å². The number of thiazole rings is 1. The number of carbonyl (C=O) groups is 2. The van der Waals surface area contributed by atoms with E-state index in [2.05, 4.69) is 10.3 Å². The second-order valence-electron chi connectivity index (χ2n) is 6.16. The molecule has 2 amide bonds. The second-order valence-corrected chi connectivity index (χ2v) is 7.36. The summed E-state index contributed by atoms with van der Waals surface area (Å²) in [5.41, 5.74) is 1.92. The lowest BCUT2D eigenvalue weighted by molar-refractivity contribution is -0.140. The molecule has 2 heterocycles. The largest absolute Gasteiger partial charge is 0.338 e. The number of piperidine rings is 1. The highest BCUT2D eigenvalue weighted by atomic mass is 32.1. The van der Waals surface area contributed by atoms with Crippen LogP contribution in [0.4, 0.5) is 5.13 Å². The number of nitrogens with one attached hydrogen (secondary N) is 1. The number of hydrogen-bond donors (Lipinski definition) is 1. The summed E-state index contributed by atoms with van der Waals surface area (Å²) >= 11 is 1.48. The fraction of sp³-hybridized carbons (Fsp3) is 0.389. The molecule has 6 heteroatoms. The van der Waals surface area contributed by atoms with Gasteiger partial charge in [-0.15, -0.1) is 11.3 Å². The molecule has 0 bridgehead atoms. The van der Waals surface area contributed by atoms with Crippen LogP contribution in [0.5, 0.6) is 0 Å². The number of aryl methyl sites for hydroxylation is 2. The van der Waals surface area contributed by atoms with Crippen LogP contribution in [0.3, 0.4) is 0 Å². The summed E-state index contributed by atoms with van der Waals surface area (Å²) in [4.78, 5) is 32.2. The maximum Gasteiger partial charge on any atom is 0.231 e. The van der Waals surface area contributed by atoms with E-state index in [0.29, 0.717) is 18.0 Å². The molecular weight excluding hydrogens is 322 g/mol. The number of nitrogens with zero attached hydrogens (tertiary/aromatic N) is 2. The van der Waals surface area contributed by atoms with Crippen LogP contribution >= 0.6 is 11.3 Å². The van der Waals surface area contributed by atoms with Crippen molar-refractivity contribution in [1.82, 2.24) is 9.88 Å². The van der Waals surface area contributed by atoms with Crippen LogP contribution in [0.15, 0.2) is 30.3 Å². The first-order valence-corrected chi connectivity index (χ1v) is 8.84. The van der Waals surface area contributed by atoms with Gasteiger partial charge in [-0.25, -0.2) is 4.98 Å². The first-order valence-electron chi connectivity index (χ1n) is 8.03. The SMILES string of the molecule is Cc1nc(NC(=O)[C@H]2CCC(=O)N(C)[C@@H]2c2ccccc2)sc1C. The van der Waals surface area contributed by atoms with Gasteiger partial charge in [-0.1, -0.05) is 30.3 Å². The van der Waals surface area contributed by atoms with E-state index >= 15 is 0 Å². The molecule has 3 rings (SSSR count). The van der Waals surface area contributed by atoms with E-state index in [9.17, 15) is 9.59 Å². The Morgan fingerprint density at radius 1 is 1.29 bits per heavy atom. The minimum absolute atomic E-state index is 0.0723. The van der Waals surface area contributed by atoms with Crippen molar-refractivity contribution < 1.29 is 9.59 Å². The van der Waals surface area contributed by atoms with E-state index in [-0.39, 0.29) is 23.8 Å². The highest BCUT2D eigenvalue weighted by molar-refractivity contribution is 7.15. The maximum absolute atomic E-state index is 12.8. The van der Waals surface area contributed by atoms with Crippen molar-refractivity contribution in [2.75, 3.05) is 12.4 Å². The highest BCUT2D eigenvalue weighted by Gasteiger charge is 2.39. The Bertz CT molecular complexity index is 737. The number of anilines is 1. The Labute approximate surface area is 145 Å². The van der Waals surface area contributed by atoms with Gasteiger partial charge in [-0.2, -0.15) is 0 Å². The fourth-order valence-corrected chi connectivity index (χ4v) is 3.96. The predicted octanol–water partition coefficient (Wildman–Crippen LogP) is 3.31. The molecule has 1 N–H and O–H groups in total. The van der Waals surface area contributed by atoms with Crippen LogP contribution in [0.25, 0.3) is 0 Å². The summed E-state index contributed by atoms with van der Waals surface area (Å²) in [6, 6.07) is 9.50. The fourth-order valence-electron chi connectivity index (χ4n) is 3.14. The van der Waals surface area contributed by atoms with Gasteiger partial charge in [0.2, 0.25) is 11.8 Å². The van der Waals surface area contributed by atoms with Crippen molar-refractivity contribution in [3.63, 3.8) is 0 Å². The zero-order chi connectivity index (χ0) is 17.3. The van der Waals surface area contributed by atoms with Gasteiger partial charge >= 0.3 is 0 Å². The summed E-state index contributed by atoms with van der Waals surface area (Å²) < 4.78 is 0. The van der Waals surface area contributed by atoms with Crippen LogP contribution < -0.4 is 5.32 Å². The zero-order valence-corrected chi connectivity index (χ0v) is 14.9. The van der Waals surface area contributed by atoms with E-state index in [0.717, 1.165) is 16.1 Å². The van der Waals surface area contributed by atoms with Crippen molar-refractivity contribution >= 4 is 28.3 Å². The molecule has 2 atom stereocenters. The molecular formula is C18H21N3O2S. The van der Waals surface area contributed by atoms with Crippen molar-refractivity contribution in [2.45, 2.75) is 32.7 Å². The molecule has 1 fully saturated rings. The minimum Gasteiger partial charge on any atom is -0.338 e. The van der Waals surface area contributed by atoms with Crippen molar-refractivity contribution in [3.8, 4) is 0 Å². The lowest BCUT2D eigenvalue weighted by atomic mass is 9.84. The number of likely N-dealkylation sites (tertiary alicyclic amines) is 1. The summed E-state index contributed by atoms with van der Waals surface area (Å²) in [5, 5.41) is 3.57. The van der Waals surface area contributed by atoms with E-state index in [1.165, 1.54) is 11.3 Å². The van der Waals surface area contributed by atoms with Gasteiger partial charge in [0.05, 0.1) is 17.7 Å². The molecule has 0 saturated carbocycles. The lowest BCUT2D eigenvalue weighted by Crippen LogP contribution is -2.44. The first-order chi connectivity index (χ1) is 11.5. The number of carbonyl (C=O) groups excluding carboxylic acids is 2. The number of benzene rings is 1. The molecule has 1 aliphatic heterocycles. The maximum atomic E-state index is 12.8. The zero-order valence-electron chi connectivity index (χ0n) is 14.1.